The number of benzene rings is 1. The molecule has 0 aromatic heterocycles. The zero-order chi connectivity index (χ0) is 19.9. The molecule has 1 aliphatic carbocycles. The van der Waals surface area contributed by atoms with E-state index in [2.05, 4.69) is 5.32 Å². The largest absolute Gasteiger partial charge is 0.486 e. The van der Waals surface area contributed by atoms with E-state index in [4.69, 9.17) is 9.47 Å². The molecule has 2 fully saturated rings. The van der Waals surface area contributed by atoms with Crippen molar-refractivity contribution in [1.82, 2.24) is 15.1 Å². The molecule has 1 atom stereocenters. The fraction of sp³-hybridized carbons (Fsp3) is 0.550. The average molecular weight is 387 g/mol. The maximum Gasteiger partial charge on any atom is 0.325 e. The number of nitrogens with one attached hydrogen (secondary N) is 1. The molecule has 28 heavy (non-hydrogen) atoms. The van der Waals surface area contributed by atoms with E-state index < -0.39 is 17.6 Å². The average Bonchev–Trinajstić information content (AvgIpc) is 3.25. The van der Waals surface area contributed by atoms with Crippen LogP contribution in [0.5, 0.6) is 11.5 Å². The standard InChI is InChI=1S/C20H25N3O5/c1-13(23-18(25)20(21-19(23)26)7-3-4-8-20)17(24)22(2)12-14-5-6-15-16(11-14)28-10-9-27-15/h5-6,11,13H,3-4,7-10,12H2,1-2H3,(H,21,26). The molecular weight excluding hydrogens is 362 g/mol. The fourth-order valence-electron chi connectivity index (χ4n) is 4.28. The Labute approximate surface area is 163 Å². The first-order valence-corrected chi connectivity index (χ1v) is 9.71. The number of carbonyl (C=O) groups excluding carboxylic acids is 3. The summed E-state index contributed by atoms with van der Waals surface area (Å²) < 4.78 is 11.1. The van der Waals surface area contributed by atoms with Crippen LogP contribution in [0, 0.1) is 0 Å². The second kappa shape index (κ2) is 7.00. The number of hydrogen-bond acceptors (Lipinski definition) is 5. The number of carbonyl (C=O) groups is 3. The molecule has 1 saturated carbocycles. The van der Waals surface area contributed by atoms with Crippen molar-refractivity contribution in [2.24, 2.45) is 0 Å². The van der Waals surface area contributed by atoms with Gasteiger partial charge in [0.25, 0.3) is 5.91 Å². The first kappa shape index (κ1) is 18.6. The molecule has 3 aliphatic rings. The normalized spacial score (nSPS) is 21.0. The van der Waals surface area contributed by atoms with Gasteiger partial charge >= 0.3 is 6.03 Å². The number of ether oxygens (including phenoxy) is 2. The van der Waals surface area contributed by atoms with Gasteiger partial charge in [0.1, 0.15) is 24.8 Å². The van der Waals surface area contributed by atoms with Gasteiger partial charge in [-0.15, -0.1) is 0 Å². The Morgan fingerprint density at radius 2 is 1.89 bits per heavy atom. The van der Waals surface area contributed by atoms with Gasteiger partial charge in [-0.3, -0.25) is 9.59 Å². The van der Waals surface area contributed by atoms with Crippen LogP contribution in [0.15, 0.2) is 18.2 Å². The number of nitrogens with zero attached hydrogens (tertiary/aromatic N) is 2. The van der Waals surface area contributed by atoms with Crippen LogP contribution in [-0.4, -0.2) is 59.5 Å². The molecule has 8 nitrogen and oxygen atoms in total. The lowest BCUT2D eigenvalue weighted by atomic mass is 9.97. The second-order valence-electron chi connectivity index (χ2n) is 7.74. The van der Waals surface area contributed by atoms with E-state index in [1.807, 2.05) is 18.2 Å². The number of amides is 4. The van der Waals surface area contributed by atoms with E-state index in [-0.39, 0.29) is 11.8 Å². The summed E-state index contributed by atoms with van der Waals surface area (Å²) in [6.45, 7) is 2.97. The Hall–Kier alpha value is -2.77. The first-order valence-electron chi connectivity index (χ1n) is 9.71. The minimum absolute atomic E-state index is 0.274. The van der Waals surface area contributed by atoms with E-state index in [9.17, 15) is 14.4 Å². The van der Waals surface area contributed by atoms with E-state index in [1.165, 1.54) is 4.90 Å². The number of fused-ring (bicyclic) bond motifs is 1. The summed E-state index contributed by atoms with van der Waals surface area (Å²) in [5, 5.41) is 2.82. The predicted molar refractivity (Wildman–Crippen MR) is 99.9 cm³/mol. The topological polar surface area (TPSA) is 88.2 Å². The maximum absolute atomic E-state index is 12.9. The van der Waals surface area contributed by atoms with Crippen molar-refractivity contribution < 1.29 is 23.9 Å². The third-order valence-electron chi connectivity index (χ3n) is 5.80. The van der Waals surface area contributed by atoms with Crippen molar-refractivity contribution in [1.29, 1.82) is 0 Å². The monoisotopic (exact) mass is 387 g/mol. The van der Waals surface area contributed by atoms with E-state index in [0.29, 0.717) is 44.1 Å². The van der Waals surface area contributed by atoms with Gasteiger partial charge in [0.2, 0.25) is 5.91 Å². The molecule has 0 bridgehead atoms. The molecular formula is C20H25N3O5. The van der Waals surface area contributed by atoms with Gasteiger partial charge in [0.15, 0.2) is 11.5 Å². The number of likely N-dealkylation sites (N-methyl/N-ethyl adjacent to an activating group) is 1. The minimum Gasteiger partial charge on any atom is -0.486 e. The highest BCUT2D eigenvalue weighted by Gasteiger charge is 2.54. The summed E-state index contributed by atoms with van der Waals surface area (Å²) in [6.07, 6.45) is 3.10. The quantitative estimate of drug-likeness (QED) is 0.794. The van der Waals surface area contributed by atoms with Crippen molar-refractivity contribution >= 4 is 17.8 Å². The molecule has 4 amide bonds. The minimum atomic E-state index is -0.852. The lowest BCUT2D eigenvalue weighted by Crippen LogP contribution is -2.50. The van der Waals surface area contributed by atoms with Crippen LogP contribution < -0.4 is 14.8 Å². The van der Waals surface area contributed by atoms with Crippen molar-refractivity contribution in [3.05, 3.63) is 23.8 Å². The Morgan fingerprint density at radius 1 is 1.21 bits per heavy atom. The van der Waals surface area contributed by atoms with Gasteiger partial charge in [0, 0.05) is 13.6 Å². The highest BCUT2D eigenvalue weighted by atomic mass is 16.6. The zero-order valence-electron chi connectivity index (χ0n) is 16.2. The first-order chi connectivity index (χ1) is 13.4. The summed E-state index contributed by atoms with van der Waals surface area (Å²) >= 11 is 0. The lowest BCUT2D eigenvalue weighted by Gasteiger charge is -2.27. The molecule has 1 saturated heterocycles. The Morgan fingerprint density at radius 3 is 2.61 bits per heavy atom. The number of rotatable bonds is 4. The van der Waals surface area contributed by atoms with Crippen molar-refractivity contribution in [3.8, 4) is 11.5 Å². The summed E-state index contributed by atoms with van der Waals surface area (Å²) in [7, 11) is 1.67. The lowest BCUT2D eigenvalue weighted by molar-refractivity contribution is -0.142. The van der Waals surface area contributed by atoms with Gasteiger partial charge in [-0.25, -0.2) is 9.69 Å². The van der Waals surface area contributed by atoms with Gasteiger partial charge in [-0.05, 0) is 37.5 Å². The highest BCUT2D eigenvalue weighted by molar-refractivity contribution is 6.09. The van der Waals surface area contributed by atoms with Gasteiger partial charge < -0.3 is 19.7 Å². The number of hydrogen-bond donors (Lipinski definition) is 1. The van der Waals surface area contributed by atoms with E-state index in [0.717, 1.165) is 23.3 Å². The van der Waals surface area contributed by atoms with Gasteiger partial charge in [0.05, 0.1) is 0 Å². The summed E-state index contributed by atoms with van der Waals surface area (Å²) in [6, 6.07) is 4.23. The van der Waals surface area contributed by atoms with Crippen molar-refractivity contribution in [2.75, 3.05) is 20.3 Å². The molecule has 2 heterocycles. The highest BCUT2D eigenvalue weighted by Crippen LogP contribution is 2.36. The zero-order valence-corrected chi connectivity index (χ0v) is 16.2. The van der Waals surface area contributed by atoms with Gasteiger partial charge in [-0.2, -0.15) is 0 Å². The fourth-order valence-corrected chi connectivity index (χ4v) is 4.28. The second-order valence-corrected chi connectivity index (χ2v) is 7.74. The van der Waals surface area contributed by atoms with Crippen LogP contribution in [0.4, 0.5) is 4.79 Å². The molecule has 1 aromatic rings. The molecule has 2 aliphatic heterocycles. The number of urea groups is 1. The molecule has 4 rings (SSSR count). The molecule has 1 N–H and O–H groups in total. The summed E-state index contributed by atoms with van der Waals surface area (Å²) in [4.78, 5) is 40.8. The van der Waals surface area contributed by atoms with Crippen LogP contribution in [-0.2, 0) is 16.1 Å². The van der Waals surface area contributed by atoms with Crippen LogP contribution in [0.3, 0.4) is 0 Å². The van der Waals surface area contributed by atoms with E-state index in [1.54, 1.807) is 14.0 Å². The van der Waals surface area contributed by atoms with Gasteiger partial charge in [-0.1, -0.05) is 18.9 Å². The van der Waals surface area contributed by atoms with Crippen LogP contribution >= 0.6 is 0 Å². The SMILES string of the molecule is CC(C(=O)N(C)Cc1ccc2c(c1)OCCO2)N1C(=O)NC2(CCCC2)C1=O. The third-order valence-corrected chi connectivity index (χ3v) is 5.80. The number of imide groups is 1. The van der Waals surface area contributed by atoms with Crippen LogP contribution in [0.2, 0.25) is 0 Å². The Kier molecular flexibility index (Phi) is 4.64. The maximum atomic E-state index is 12.9. The molecule has 1 spiro atoms. The Bertz CT molecular complexity index is 818. The van der Waals surface area contributed by atoms with E-state index >= 15 is 0 Å². The molecule has 150 valence electrons. The van der Waals surface area contributed by atoms with Crippen molar-refractivity contribution in [3.63, 3.8) is 0 Å². The van der Waals surface area contributed by atoms with Crippen LogP contribution in [0.1, 0.15) is 38.2 Å². The smallest absolute Gasteiger partial charge is 0.325 e. The molecule has 0 radical (unpaired) electrons. The molecule has 8 heteroatoms. The summed E-state index contributed by atoms with van der Waals surface area (Å²) in [5.74, 6) is 0.797. The third kappa shape index (κ3) is 3.06. The molecule has 1 aromatic carbocycles. The molecule has 1 unspecified atom stereocenters. The van der Waals surface area contributed by atoms with Crippen molar-refractivity contribution in [2.45, 2.75) is 50.7 Å². The summed E-state index contributed by atoms with van der Waals surface area (Å²) in [5.41, 5.74) is 0.0804. The predicted octanol–water partition coefficient (Wildman–Crippen LogP) is 1.67. The van der Waals surface area contributed by atoms with Crippen LogP contribution in [0.25, 0.3) is 0 Å². The Balaban J connectivity index is 1.45.